The monoisotopic (exact) mass is 296 g/mol. The van der Waals surface area contributed by atoms with Gasteiger partial charge >= 0.3 is 0 Å². The Kier molecular flexibility index (Phi) is 3.47. The lowest BCUT2D eigenvalue weighted by molar-refractivity contribution is -0.133. The van der Waals surface area contributed by atoms with Crippen LogP contribution in [0.4, 0.5) is 0 Å². The molecule has 2 amide bonds. The molecule has 1 aliphatic heterocycles. The van der Waals surface area contributed by atoms with Gasteiger partial charge in [0, 0.05) is 30.2 Å². The van der Waals surface area contributed by atoms with Crippen LogP contribution in [0, 0.1) is 0 Å². The number of likely N-dealkylation sites (N-methyl/N-ethyl adjacent to an activating group) is 1. The molecule has 0 spiro atoms. The number of rotatable bonds is 1. The molecule has 2 rings (SSSR count). The van der Waals surface area contributed by atoms with Gasteiger partial charge in [-0.1, -0.05) is 15.9 Å². The van der Waals surface area contributed by atoms with Crippen LogP contribution >= 0.6 is 15.9 Å². The van der Waals surface area contributed by atoms with E-state index in [1.807, 2.05) is 12.1 Å². The fourth-order valence-electron chi connectivity index (χ4n) is 1.71. The van der Waals surface area contributed by atoms with E-state index in [9.17, 15) is 9.59 Å². The summed E-state index contributed by atoms with van der Waals surface area (Å²) in [4.78, 5) is 26.9. The summed E-state index contributed by atoms with van der Waals surface area (Å²) in [5.74, 6) is -0.0966. The minimum atomic E-state index is -0.0843. The molecule has 0 unspecified atom stereocenters. The highest BCUT2D eigenvalue weighted by molar-refractivity contribution is 9.10. The van der Waals surface area contributed by atoms with Crippen LogP contribution in [0.25, 0.3) is 0 Å². The molecule has 0 bridgehead atoms. The summed E-state index contributed by atoms with van der Waals surface area (Å²) >= 11 is 3.32. The minimum Gasteiger partial charge on any atom is -0.342 e. The number of piperazine rings is 1. The third-order valence-electron chi connectivity index (χ3n) is 2.84. The second-order valence-corrected chi connectivity index (χ2v) is 4.96. The Morgan fingerprint density at radius 2 is 1.88 bits per heavy atom. The van der Waals surface area contributed by atoms with Crippen LogP contribution in [0.3, 0.4) is 0 Å². The number of carbonyl (C=O) groups excluding carboxylic acids is 2. The Morgan fingerprint density at radius 1 is 1.24 bits per heavy atom. The number of halogens is 1. The van der Waals surface area contributed by atoms with Gasteiger partial charge < -0.3 is 9.80 Å². The van der Waals surface area contributed by atoms with Crippen LogP contribution in [0.2, 0.25) is 0 Å². The van der Waals surface area contributed by atoms with E-state index in [-0.39, 0.29) is 18.4 Å². The summed E-state index contributed by atoms with van der Waals surface area (Å²) in [6.45, 7) is 1.36. The average Bonchev–Trinajstić information content (AvgIpc) is 2.33. The fraction of sp³-hybridized carbons (Fsp3) is 0.333. The summed E-state index contributed by atoms with van der Waals surface area (Å²) in [7, 11) is 1.75. The molecule has 17 heavy (non-hydrogen) atoms. The molecule has 0 N–H and O–H groups in total. The van der Waals surface area contributed by atoms with Crippen molar-refractivity contribution in [2.75, 3.05) is 26.7 Å². The van der Waals surface area contributed by atoms with Gasteiger partial charge in [-0.25, -0.2) is 0 Å². The smallest absolute Gasteiger partial charge is 0.254 e. The molecule has 1 heterocycles. The molecule has 0 aromatic heterocycles. The van der Waals surface area contributed by atoms with Crippen molar-refractivity contribution in [2.24, 2.45) is 0 Å². The summed E-state index contributed by atoms with van der Waals surface area (Å²) in [6.07, 6.45) is 0. The zero-order chi connectivity index (χ0) is 12.4. The highest BCUT2D eigenvalue weighted by Crippen LogP contribution is 2.13. The van der Waals surface area contributed by atoms with E-state index >= 15 is 0 Å². The number of carbonyl (C=O) groups is 2. The van der Waals surface area contributed by atoms with Gasteiger partial charge in [0.2, 0.25) is 5.91 Å². The molecule has 4 nitrogen and oxygen atoms in total. The van der Waals surface area contributed by atoms with Crippen molar-refractivity contribution < 1.29 is 9.59 Å². The van der Waals surface area contributed by atoms with Gasteiger partial charge in [0.05, 0.1) is 0 Å². The predicted octanol–water partition coefficient (Wildman–Crippen LogP) is 1.36. The van der Waals surface area contributed by atoms with E-state index in [0.29, 0.717) is 18.7 Å². The van der Waals surface area contributed by atoms with Crippen molar-refractivity contribution in [2.45, 2.75) is 0 Å². The number of hydrogen-bond donors (Lipinski definition) is 0. The topological polar surface area (TPSA) is 40.6 Å². The molecule has 90 valence electrons. The van der Waals surface area contributed by atoms with Crippen LogP contribution < -0.4 is 0 Å². The number of nitrogens with zero attached hydrogens (tertiary/aromatic N) is 2. The number of benzene rings is 1. The largest absolute Gasteiger partial charge is 0.342 e. The molecule has 1 aromatic carbocycles. The summed E-state index contributed by atoms with van der Waals surface area (Å²) in [5, 5.41) is 0. The Bertz CT molecular complexity index is 444. The van der Waals surface area contributed by atoms with Gasteiger partial charge in [0.1, 0.15) is 6.54 Å². The van der Waals surface area contributed by atoms with Crippen LogP contribution in [-0.4, -0.2) is 48.3 Å². The Hall–Kier alpha value is -1.36. The van der Waals surface area contributed by atoms with Crippen LogP contribution in [0.15, 0.2) is 28.7 Å². The van der Waals surface area contributed by atoms with Crippen LogP contribution in [0.5, 0.6) is 0 Å². The molecule has 5 heteroatoms. The van der Waals surface area contributed by atoms with Crippen LogP contribution in [0.1, 0.15) is 10.4 Å². The molecule has 0 aliphatic carbocycles. The van der Waals surface area contributed by atoms with E-state index in [1.165, 1.54) is 0 Å². The molecule has 0 radical (unpaired) electrons. The highest BCUT2D eigenvalue weighted by atomic mass is 79.9. The second kappa shape index (κ2) is 4.87. The first kappa shape index (κ1) is 12.1. The Morgan fingerprint density at radius 3 is 2.47 bits per heavy atom. The zero-order valence-corrected chi connectivity index (χ0v) is 11.1. The highest BCUT2D eigenvalue weighted by Gasteiger charge is 2.25. The van der Waals surface area contributed by atoms with Gasteiger partial charge in [0.25, 0.3) is 5.91 Å². The fourth-order valence-corrected chi connectivity index (χ4v) is 1.97. The average molecular weight is 297 g/mol. The van der Waals surface area contributed by atoms with Gasteiger partial charge in [-0.15, -0.1) is 0 Å². The molecule has 1 aliphatic rings. The first-order valence-corrected chi connectivity index (χ1v) is 6.16. The maximum absolute atomic E-state index is 12.1. The first-order valence-electron chi connectivity index (χ1n) is 5.37. The van der Waals surface area contributed by atoms with E-state index in [2.05, 4.69) is 15.9 Å². The molecule has 1 fully saturated rings. The van der Waals surface area contributed by atoms with Gasteiger partial charge in [0.15, 0.2) is 0 Å². The van der Waals surface area contributed by atoms with Crippen molar-refractivity contribution in [3.8, 4) is 0 Å². The normalized spacial score (nSPS) is 16.2. The van der Waals surface area contributed by atoms with Crippen LogP contribution in [-0.2, 0) is 4.79 Å². The van der Waals surface area contributed by atoms with Crippen molar-refractivity contribution >= 4 is 27.7 Å². The number of hydrogen-bond acceptors (Lipinski definition) is 2. The number of amides is 2. The molecular weight excluding hydrogens is 284 g/mol. The summed E-state index contributed by atoms with van der Waals surface area (Å²) in [5.41, 5.74) is 0.616. The minimum absolute atomic E-state index is 0.0123. The standard InChI is InChI=1S/C12H13BrN2O2/c1-14-6-7-15(8-11(14)16)12(17)9-2-4-10(13)5-3-9/h2-5H,6-8H2,1H3. The van der Waals surface area contributed by atoms with E-state index < -0.39 is 0 Å². The van der Waals surface area contributed by atoms with Gasteiger partial charge in [-0.2, -0.15) is 0 Å². The van der Waals surface area contributed by atoms with Crippen molar-refractivity contribution in [1.82, 2.24) is 9.80 Å². The predicted molar refractivity (Wildman–Crippen MR) is 67.7 cm³/mol. The lowest BCUT2D eigenvalue weighted by atomic mass is 10.2. The molecule has 1 aromatic rings. The van der Waals surface area contributed by atoms with Crippen molar-refractivity contribution in [3.63, 3.8) is 0 Å². The van der Waals surface area contributed by atoms with E-state index in [4.69, 9.17) is 0 Å². The van der Waals surface area contributed by atoms with Gasteiger partial charge in [-0.05, 0) is 24.3 Å². The van der Waals surface area contributed by atoms with Crippen molar-refractivity contribution in [3.05, 3.63) is 34.3 Å². The van der Waals surface area contributed by atoms with E-state index in [1.54, 1.807) is 29.0 Å². The molecule has 1 saturated heterocycles. The van der Waals surface area contributed by atoms with Crippen molar-refractivity contribution in [1.29, 1.82) is 0 Å². The lowest BCUT2D eigenvalue weighted by Crippen LogP contribution is -2.50. The lowest BCUT2D eigenvalue weighted by Gasteiger charge is -2.32. The molecular formula is C12H13BrN2O2. The maximum Gasteiger partial charge on any atom is 0.254 e. The third kappa shape index (κ3) is 2.66. The second-order valence-electron chi connectivity index (χ2n) is 4.05. The SMILES string of the molecule is CN1CCN(C(=O)c2ccc(Br)cc2)CC1=O. The van der Waals surface area contributed by atoms with Gasteiger partial charge in [-0.3, -0.25) is 9.59 Å². The maximum atomic E-state index is 12.1. The zero-order valence-electron chi connectivity index (χ0n) is 9.52. The third-order valence-corrected chi connectivity index (χ3v) is 3.36. The van der Waals surface area contributed by atoms with E-state index in [0.717, 1.165) is 4.47 Å². The first-order chi connectivity index (χ1) is 8.08. The summed E-state index contributed by atoms with van der Waals surface area (Å²) < 4.78 is 0.934. The molecule has 0 atom stereocenters. The Balaban J connectivity index is 2.10. The quantitative estimate of drug-likeness (QED) is 0.785. The molecule has 0 saturated carbocycles. The summed E-state index contributed by atoms with van der Waals surface area (Å²) in [6, 6.07) is 7.17. The Labute approximate surface area is 108 Å².